The van der Waals surface area contributed by atoms with Crippen molar-refractivity contribution in [2.24, 2.45) is 0 Å². The van der Waals surface area contributed by atoms with E-state index in [4.69, 9.17) is 4.74 Å². The fraction of sp³-hybridized carbons (Fsp3) is 0.235. The van der Waals surface area contributed by atoms with Gasteiger partial charge in [-0.3, -0.25) is 0 Å². The average molecular weight is 300 g/mol. The summed E-state index contributed by atoms with van der Waals surface area (Å²) in [7, 11) is 1.59. The van der Waals surface area contributed by atoms with Crippen molar-refractivity contribution >= 4 is 11.7 Å². The molecule has 0 saturated carbocycles. The molecule has 0 heterocycles. The number of nitrogens with one attached hydrogen (secondary N) is 2. The monoisotopic (exact) mass is 300 g/mol. The van der Waals surface area contributed by atoms with Gasteiger partial charge in [0.15, 0.2) is 0 Å². The van der Waals surface area contributed by atoms with Crippen LogP contribution in [0.15, 0.2) is 48.5 Å². The zero-order valence-corrected chi connectivity index (χ0v) is 12.7. The van der Waals surface area contributed by atoms with E-state index in [1.807, 2.05) is 31.2 Å². The Labute approximate surface area is 129 Å². The van der Waals surface area contributed by atoms with E-state index in [-0.39, 0.29) is 12.6 Å². The molecule has 3 N–H and O–H groups in total. The summed E-state index contributed by atoms with van der Waals surface area (Å²) in [4.78, 5) is 11.8. The number of urea groups is 1. The number of aliphatic hydroxyl groups excluding tert-OH is 1. The molecule has 0 saturated heterocycles. The molecule has 22 heavy (non-hydrogen) atoms. The number of carbonyl (C=O) groups is 1. The highest BCUT2D eigenvalue weighted by atomic mass is 16.5. The number of carbonyl (C=O) groups excluding carboxylic acids is 1. The van der Waals surface area contributed by atoms with Crippen LogP contribution in [0.2, 0.25) is 0 Å². The minimum Gasteiger partial charge on any atom is -0.497 e. The lowest BCUT2D eigenvalue weighted by Gasteiger charge is -2.15. The Morgan fingerprint density at radius 3 is 2.50 bits per heavy atom. The topological polar surface area (TPSA) is 70.6 Å². The second kappa shape index (κ2) is 7.47. The Morgan fingerprint density at radius 2 is 1.86 bits per heavy atom. The normalized spacial score (nSPS) is 11.6. The van der Waals surface area contributed by atoms with Gasteiger partial charge in [-0.1, -0.05) is 24.3 Å². The van der Waals surface area contributed by atoms with Crippen LogP contribution < -0.4 is 15.4 Å². The fourth-order valence-electron chi connectivity index (χ4n) is 2.11. The number of amides is 2. The van der Waals surface area contributed by atoms with E-state index in [1.54, 1.807) is 31.4 Å². The van der Waals surface area contributed by atoms with Crippen molar-refractivity contribution in [1.82, 2.24) is 5.32 Å². The van der Waals surface area contributed by atoms with Gasteiger partial charge in [-0.2, -0.15) is 0 Å². The maximum Gasteiger partial charge on any atom is 0.319 e. The molecular weight excluding hydrogens is 280 g/mol. The third-order valence-corrected chi connectivity index (χ3v) is 3.35. The Hall–Kier alpha value is -2.53. The van der Waals surface area contributed by atoms with Crippen LogP contribution in [0.4, 0.5) is 10.5 Å². The van der Waals surface area contributed by atoms with E-state index in [9.17, 15) is 9.90 Å². The van der Waals surface area contributed by atoms with Crippen molar-refractivity contribution in [1.29, 1.82) is 0 Å². The van der Waals surface area contributed by atoms with Gasteiger partial charge in [0.2, 0.25) is 0 Å². The maximum atomic E-state index is 11.8. The second-order valence-electron chi connectivity index (χ2n) is 4.94. The van der Waals surface area contributed by atoms with Gasteiger partial charge in [-0.05, 0) is 42.3 Å². The number of methoxy groups -OCH3 is 1. The van der Waals surface area contributed by atoms with E-state index in [0.29, 0.717) is 5.69 Å². The lowest BCUT2D eigenvalue weighted by molar-refractivity contribution is 0.174. The second-order valence-corrected chi connectivity index (χ2v) is 4.94. The highest BCUT2D eigenvalue weighted by Gasteiger charge is 2.11. The first-order chi connectivity index (χ1) is 10.6. The van der Waals surface area contributed by atoms with Gasteiger partial charge >= 0.3 is 6.03 Å². The Morgan fingerprint density at radius 1 is 1.18 bits per heavy atom. The molecule has 5 nitrogen and oxygen atoms in total. The van der Waals surface area contributed by atoms with Gasteiger partial charge in [-0.25, -0.2) is 4.79 Å². The molecule has 2 aromatic rings. The van der Waals surface area contributed by atoms with Gasteiger partial charge < -0.3 is 20.5 Å². The molecule has 0 spiro atoms. The summed E-state index contributed by atoms with van der Waals surface area (Å²) < 4.78 is 5.05. The highest BCUT2D eigenvalue weighted by molar-refractivity contribution is 5.89. The van der Waals surface area contributed by atoms with Crippen LogP contribution in [-0.2, 0) is 0 Å². The Bertz CT molecular complexity index is 626. The maximum absolute atomic E-state index is 11.8. The zero-order valence-electron chi connectivity index (χ0n) is 12.7. The number of benzene rings is 2. The molecule has 0 aliphatic heterocycles. The average Bonchev–Trinajstić information content (AvgIpc) is 2.54. The molecule has 0 radical (unpaired) electrons. The minimum absolute atomic E-state index is 0.146. The van der Waals surface area contributed by atoms with Crippen LogP contribution in [0.1, 0.15) is 17.2 Å². The van der Waals surface area contributed by atoms with Crippen LogP contribution in [0.3, 0.4) is 0 Å². The van der Waals surface area contributed by atoms with Crippen molar-refractivity contribution in [3.63, 3.8) is 0 Å². The molecule has 0 aliphatic carbocycles. The van der Waals surface area contributed by atoms with E-state index in [1.165, 1.54) is 0 Å². The van der Waals surface area contributed by atoms with E-state index in [0.717, 1.165) is 16.9 Å². The summed E-state index contributed by atoms with van der Waals surface area (Å²) in [5.41, 5.74) is 2.46. The van der Waals surface area contributed by atoms with Crippen LogP contribution in [-0.4, -0.2) is 24.8 Å². The summed E-state index contributed by atoms with van der Waals surface area (Å²) >= 11 is 0. The van der Waals surface area contributed by atoms with Gasteiger partial charge in [0.1, 0.15) is 5.75 Å². The molecule has 0 fully saturated rings. The molecule has 1 atom stereocenters. The largest absolute Gasteiger partial charge is 0.497 e. The first kappa shape index (κ1) is 15.9. The van der Waals surface area contributed by atoms with Crippen molar-refractivity contribution in [2.45, 2.75) is 13.0 Å². The molecule has 116 valence electrons. The van der Waals surface area contributed by atoms with Crippen molar-refractivity contribution < 1.29 is 14.6 Å². The van der Waals surface area contributed by atoms with Crippen molar-refractivity contribution in [2.75, 3.05) is 19.0 Å². The SMILES string of the molecule is COc1ccc(NC(=O)NCC(O)c2ccccc2C)cc1. The molecule has 5 heteroatoms. The zero-order chi connectivity index (χ0) is 15.9. The molecule has 2 rings (SSSR count). The predicted molar refractivity (Wildman–Crippen MR) is 86.2 cm³/mol. The van der Waals surface area contributed by atoms with E-state index in [2.05, 4.69) is 10.6 Å². The number of hydrogen-bond donors (Lipinski definition) is 3. The predicted octanol–water partition coefficient (Wildman–Crippen LogP) is 2.86. The van der Waals surface area contributed by atoms with E-state index >= 15 is 0 Å². The number of aliphatic hydroxyl groups is 1. The first-order valence-corrected chi connectivity index (χ1v) is 7.02. The Kier molecular flexibility index (Phi) is 5.38. The smallest absolute Gasteiger partial charge is 0.319 e. The van der Waals surface area contributed by atoms with Crippen molar-refractivity contribution in [3.05, 3.63) is 59.7 Å². The third-order valence-electron chi connectivity index (χ3n) is 3.35. The fourth-order valence-corrected chi connectivity index (χ4v) is 2.11. The summed E-state index contributed by atoms with van der Waals surface area (Å²) in [6.45, 7) is 2.07. The van der Waals surface area contributed by atoms with E-state index < -0.39 is 6.10 Å². The summed E-state index contributed by atoms with van der Waals surface area (Å²) in [5, 5.41) is 15.5. The molecule has 0 aromatic heterocycles. The number of anilines is 1. The van der Waals surface area contributed by atoms with Gasteiger partial charge in [0, 0.05) is 12.2 Å². The third kappa shape index (κ3) is 4.23. The number of ether oxygens (including phenoxy) is 1. The van der Waals surface area contributed by atoms with Crippen LogP contribution in [0.5, 0.6) is 5.75 Å². The van der Waals surface area contributed by atoms with Gasteiger partial charge in [0.05, 0.1) is 13.2 Å². The molecule has 2 amide bonds. The number of hydrogen-bond acceptors (Lipinski definition) is 3. The lowest BCUT2D eigenvalue weighted by atomic mass is 10.0. The van der Waals surface area contributed by atoms with Crippen LogP contribution in [0, 0.1) is 6.92 Å². The number of aryl methyl sites for hydroxylation is 1. The van der Waals surface area contributed by atoms with Crippen molar-refractivity contribution in [3.8, 4) is 5.75 Å². The summed E-state index contributed by atoms with van der Waals surface area (Å²) in [6.07, 6.45) is -0.734. The van der Waals surface area contributed by atoms with Crippen LogP contribution in [0.25, 0.3) is 0 Å². The summed E-state index contributed by atoms with van der Waals surface area (Å²) in [6, 6.07) is 14.2. The minimum atomic E-state index is -0.734. The lowest BCUT2D eigenvalue weighted by Crippen LogP contribution is -2.32. The highest BCUT2D eigenvalue weighted by Crippen LogP contribution is 2.17. The molecule has 0 bridgehead atoms. The molecule has 1 unspecified atom stereocenters. The quantitative estimate of drug-likeness (QED) is 0.795. The van der Waals surface area contributed by atoms with Gasteiger partial charge in [0.25, 0.3) is 0 Å². The summed E-state index contributed by atoms with van der Waals surface area (Å²) in [5.74, 6) is 0.723. The Balaban J connectivity index is 1.85. The molecule has 2 aromatic carbocycles. The molecular formula is C17H20N2O3. The van der Waals surface area contributed by atoms with Gasteiger partial charge in [-0.15, -0.1) is 0 Å². The first-order valence-electron chi connectivity index (χ1n) is 7.02. The van der Waals surface area contributed by atoms with Crippen LogP contribution >= 0.6 is 0 Å². The molecule has 0 aliphatic rings. The number of rotatable bonds is 5. The standard InChI is InChI=1S/C17H20N2O3/c1-12-5-3-4-6-15(12)16(20)11-18-17(21)19-13-7-9-14(22-2)10-8-13/h3-10,16,20H,11H2,1-2H3,(H2,18,19,21).